The molecule has 1 aromatic heterocycles. The van der Waals surface area contributed by atoms with Crippen LogP contribution in [0.2, 0.25) is 0 Å². The van der Waals surface area contributed by atoms with E-state index in [2.05, 4.69) is 15.6 Å². The van der Waals surface area contributed by atoms with Gasteiger partial charge >= 0.3 is 0 Å². The summed E-state index contributed by atoms with van der Waals surface area (Å²) in [6.45, 7) is 0.581. The van der Waals surface area contributed by atoms with Crippen molar-refractivity contribution < 1.29 is 19.4 Å². The summed E-state index contributed by atoms with van der Waals surface area (Å²) in [4.78, 5) is 12.5. The number of nitrogens with one attached hydrogen (secondary N) is 1. The molecule has 4 rings (SSSR count). The van der Waals surface area contributed by atoms with Crippen LogP contribution < -0.4 is 10.1 Å². The standard InChI is InChI=1S/C23H32N4O4/c1-30-21-9-5-4-8-18(21)20-14-27(26-25-20)13-12-17-10-11-19(22(15-28)31-17)24-23(29)16-6-2-3-7-16/h4-5,8-9,14,16-17,19,22,28H,2-3,6-7,10-13,15H2,1H3,(H,24,29)/t17-,19-,22-/m1/s1. The van der Waals surface area contributed by atoms with Crippen LogP contribution in [0.4, 0.5) is 0 Å². The summed E-state index contributed by atoms with van der Waals surface area (Å²) in [5, 5.41) is 21.4. The Balaban J connectivity index is 1.29. The highest BCUT2D eigenvalue weighted by molar-refractivity contribution is 5.79. The Morgan fingerprint density at radius 1 is 1.26 bits per heavy atom. The molecular formula is C23H32N4O4. The van der Waals surface area contributed by atoms with Crippen molar-refractivity contribution in [2.24, 2.45) is 5.92 Å². The fourth-order valence-electron chi connectivity index (χ4n) is 4.66. The molecule has 0 bridgehead atoms. The number of benzene rings is 1. The molecule has 1 aromatic carbocycles. The van der Waals surface area contributed by atoms with Crippen LogP contribution in [-0.4, -0.2) is 58.0 Å². The molecule has 0 unspecified atom stereocenters. The minimum atomic E-state index is -0.357. The minimum Gasteiger partial charge on any atom is -0.496 e. The Kier molecular flexibility index (Phi) is 7.19. The molecule has 1 saturated carbocycles. The molecule has 2 aliphatic rings. The number of para-hydroxylation sites is 1. The molecule has 8 heteroatoms. The molecular weight excluding hydrogens is 396 g/mol. The molecule has 2 N–H and O–H groups in total. The first-order chi connectivity index (χ1) is 15.2. The van der Waals surface area contributed by atoms with Crippen molar-refractivity contribution in [3.05, 3.63) is 30.5 Å². The summed E-state index contributed by atoms with van der Waals surface area (Å²) in [6.07, 6.45) is 8.22. The predicted molar refractivity (Wildman–Crippen MR) is 115 cm³/mol. The van der Waals surface area contributed by atoms with Gasteiger partial charge in [-0.2, -0.15) is 0 Å². The number of nitrogens with zero attached hydrogens (tertiary/aromatic N) is 3. The van der Waals surface area contributed by atoms with Gasteiger partial charge in [0.25, 0.3) is 0 Å². The number of carbonyl (C=O) groups is 1. The van der Waals surface area contributed by atoms with E-state index in [0.717, 1.165) is 62.0 Å². The fraction of sp³-hybridized carbons (Fsp3) is 0.609. The van der Waals surface area contributed by atoms with E-state index in [1.807, 2.05) is 35.1 Å². The lowest BCUT2D eigenvalue weighted by Crippen LogP contribution is -2.52. The molecule has 2 heterocycles. The van der Waals surface area contributed by atoms with Crippen LogP contribution in [0.3, 0.4) is 0 Å². The average molecular weight is 429 g/mol. The zero-order chi connectivity index (χ0) is 21.6. The minimum absolute atomic E-state index is 0.0238. The number of carbonyl (C=O) groups excluding carboxylic acids is 1. The lowest BCUT2D eigenvalue weighted by atomic mass is 9.96. The first-order valence-corrected chi connectivity index (χ1v) is 11.3. The summed E-state index contributed by atoms with van der Waals surface area (Å²) in [7, 11) is 1.64. The number of aryl methyl sites for hydroxylation is 1. The second kappa shape index (κ2) is 10.2. The van der Waals surface area contributed by atoms with Crippen LogP contribution in [0.5, 0.6) is 5.75 Å². The largest absolute Gasteiger partial charge is 0.496 e. The predicted octanol–water partition coefficient (Wildman–Crippen LogP) is 2.56. The number of aromatic nitrogens is 3. The van der Waals surface area contributed by atoms with Crippen LogP contribution in [0.15, 0.2) is 30.5 Å². The van der Waals surface area contributed by atoms with Crippen LogP contribution in [0, 0.1) is 5.92 Å². The number of ether oxygens (including phenoxy) is 2. The quantitative estimate of drug-likeness (QED) is 0.671. The first-order valence-electron chi connectivity index (χ1n) is 11.3. The molecule has 1 saturated heterocycles. The van der Waals surface area contributed by atoms with Crippen molar-refractivity contribution in [1.29, 1.82) is 0 Å². The molecule has 1 amide bonds. The molecule has 168 valence electrons. The van der Waals surface area contributed by atoms with Gasteiger partial charge in [-0.25, -0.2) is 0 Å². The van der Waals surface area contributed by atoms with Crippen molar-refractivity contribution >= 4 is 5.91 Å². The van der Waals surface area contributed by atoms with Gasteiger partial charge in [-0.3, -0.25) is 9.48 Å². The van der Waals surface area contributed by atoms with Gasteiger partial charge in [0.2, 0.25) is 5.91 Å². The van der Waals surface area contributed by atoms with Crippen LogP contribution in [0.1, 0.15) is 44.9 Å². The highest BCUT2D eigenvalue weighted by Crippen LogP contribution is 2.29. The van der Waals surface area contributed by atoms with E-state index < -0.39 is 0 Å². The maximum absolute atomic E-state index is 12.5. The highest BCUT2D eigenvalue weighted by atomic mass is 16.5. The molecule has 0 radical (unpaired) electrons. The van der Waals surface area contributed by atoms with Gasteiger partial charge in [0.1, 0.15) is 17.5 Å². The Bertz CT molecular complexity index is 865. The first kappa shape index (κ1) is 21.8. The van der Waals surface area contributed by atoms with E-state index in [0.29, 0.717) is 6.54 Å². The van der Waals surface area contributed by atoms with Gasteiger partial charge < -0.3 is 19.9 Å². The topological polar surface area (TPSA) is 98.5 Å². The van der Waals surface area contributed by atoms with Crippen molar-refractivity contribution in [3.8, 4) is 17.0 Å². The molecule has 31 heavy (non-hydrogen) atoms. The van der Waals surface area contributed by atoms with Crippen molar-refractivity contribution in [2.75, 3.05) is 13.7 Å². The Labute approximate surface area is 182 Å². The number of hydrogen-bond donors (Lipinski definition) is 2. The highest BCUT2D eigenvalue weighted by Gasteiger charge is 2.33. The van der Waals surface area contributed by atoms with E-state index in [1.165, 1.54) is 0 Å². The third-order valence-electron chi connectivity index (χ3n) is 6.45. The lowest BCUT2D eigenvalue weighted by Gasteiger charge is -2.36. The van der Waals surface area contributed by atoms with Gasteiger partial charge in [0.05, 0.1) is 32.1 Å². The van der Waals surface area contributed by atoms with E-state index >= 15 is 0 Å². The zero-order valence-electron chi connectivity index (χ0n) is 18.1. The molecule has 1 aliphatic carbocycles. The second-order valence-corrected chi connectivity index (χ2v) is 8.51. The lowest BCUT2D eigenvalue weighted by molar-refractivity contribution is -0.132. The molecule has 8 nitrogen and oxygen atoms in total. The zero-order valence-corrected chi connectivity index (χ0v) is 18.1. The number of aliphatic hydroxyl groups excluding tert-OH is 1. The average Bonchev–Trinajstić information content (AvgIpc) is 3.51. The number of aliphatic hydroxyl groups is 1. The van der Waals surface area contributed by atoms with Gasteiger partial charge in [0.15, 0.2) is 0 Å². The van der Waals surface area contributed by atoms with Crippen molar-refractivity contribution in [1.82, 2.24) is 20.3 Å². The molecule has 3 atom stereocenters. The monoisotopic (exact) mass is 428 g/mol. The number of hydrogen-bond acceptors (Lipinski definition) is 6. The van der Waals surface area contributed by atoms with E-state index in [-0.39, 0.29) is 36.7 Å². The van der Waals surface area contributed by atoms with Crippen molar-refractivity contribution in [2.45, 2.75) is 69.7 Å². The molecule has 2 aromatic rings. The fourth-order valence-corrected chi connectivity index (χ4v) is 4.66. The third-order valence-corrected chi connectivity index (χ3v) is 6.45. The summed E-state index contributed by atoms with van der Waals surface area (Å²) < 4.78 is 13.3. The smallest absolute Gasteiger partial charge is 0.223 e. The van der Waals surface area contributed by atoms with Crippen molar-refractivity contribution in [3.63, 3.8) is 0 Å². The SMILES string of the molecule is COc1ccccc1-c1cn(CC[C@H]2CC[C@@H](NC(=O)C3CCCC3)[C@@H](CO)O2)nn1. The summed E-state index contributed by atoms with van der Waals surface area (Å²) >= 11 is 0. The van der Waals surface area contributed by atoms with Crippen LogP contribution in [-0.2, 0) is 16.1 Å². The second-order valence-electron chi connectivity index (χ2n) is 8.51. The van der Waals surface area contributed by atoms with Gasteiger partial charge in [0, 0.05) is 18.0 Å². The normalized spacial score (nSPS) is 24.3. The maximum Gasteiger partial charge on any atom is 0.223 e. The summed E-state index contributed by atoms with van der Waals surface area (Å²) in [6, 6.07) is 7.63. The summed E-state index contributed by atoms with van der Waals surface area (Å²) in [5.41, 5.74) is 1.68. The molecule has 1 aliphatic heterocycles. The Hall–Kier alpha value is -2.45. The van der Waals surface area contributed by atoms with Gasteiger partial charge in [-0.15, -0.1) is 5.10 Å². The van der Waals surface area contributed by atoms with Crippen LogP contribution in [0.25, 0.3) is 11.3 Å². The number of methoxy groups -OCH3 is 1. The van der Waals surface area contributed by atoms with E-state index in [9.17, 15) is 9.90 Å². The van der Waals surface area contributed by atoms with E-state index in [4.69, 9.17) is 9.47 Å². The molecule has 0 spiro atoms. The van der Waals surface area contributed by atoms with Gasteiger partial charge in [-0.05, 0) is 44.2 Å². The Morgan fingerprint density at radius 2 is 2.06 bits per heavy atom. The maximum atomic E-state index is 12.5. The van der Waals surface area contributed by atoms with Gasteiger partial charge in [-0.1, -0.05) is 30.2 Å². The summed E-state index contributed by atoms with van der Waals surface area (Å²) in [5.74, 6) is 1.01. The number of amides is 1. The van der Waals surface area contributed by atoms with Crippen LogP contribution >= 0.6 is 0 Å². The van der Waals surface area contributed by atoms with E-state index in [1.54, 1.807) is 7.11 Å². The molecule has 2 fully saturated rings. The third kappa shape index (κ3) is 5.25. The Morgan fingerprint density at radius 3 is 2.84 bits per heavy atom. The number of rotatable bonds is 8.